The molecule has 1 aliphatic rings. The molecule has 0 saturated carbocycles. The maximum absolute atomic E-state index is 13.8. The molecule has 0 bridgehead atoms. The molecule has 0 radical (unpaired) electrons. The van der Waals surface area contributed by atoms with Crippen LogP contribution in [-0.2, 0) is 9.53 Å². The van der Waals surface area contributed by atoms with Crippen LogP contribution in [0.25, 0.3) is 6.08 Å². The van der Waals surface area contributed by atoms with Crippen LogP contribution in [0.15, 0.2) is 56.4 Å². The molecule has 0 saturated heterocycles. The number of esters is 1. The molecule has 0 amide bonds. The first kappa shape index (κ1) is 28.5. The van der Waals surface area contributed by atoms with Gasteiger partial charge < -0.3 is 18.9 Å². The Morgan fingerprint density at radius 2 is 1.95 bits per heavy atom. The Morgan fingerprint density at radius 1 is 1.21 bits per heavy atom. The summed E-state index contributed by atoms with van der Waals surface area (Å²) in [6.07, 6.45) is 8.42. The molecule has 1 aliphatic heterocycles. The van der Waals surface area contributed by atoms with Gasteiger partial charge in [0.25, 0.3) is 5.56 Å². The molecule has 0 unspecified atom stereocenters. The van der Waals surface area contributed by atoms with Crippen molar-refractivity contribution in [1.29, 1.82) is 0 Å². The molecule has 1 atom stereocenters. The lowest BCUT2D eigenvalue weighted by Crippen LogP contribution is -2.39. The number of methoxy groups -OCH3 is 1. The summed E-state index contributed by atoms with van der Waals surface area (Å²) in [5.41, 5.74) is 1.18. The third-order valence-electron chi connectivity index (χ3n) is 5.63. The van der Waals surface area contributed by atoms with E-state index in [2.05, 4.69) is 26.8 Å². The van der Waals surface area contributed by atoms with Gasteiger partial charge in [-0.25, -0.2) is 9.79 Å². The molecule has 0 spiro atoms. The van der Waals surface area contributed by atoms with Crippen molar-refractivity contribution in [2.75, 3.05) is 26.9 Å². The fraction of sp³-hybridized carbons (Fsp3) is 0.250. The molecule has 8 nitrogen and oxygen atoms in total. The van der Waals surface area contributed by atoms with Crippen molar-refractivity contribution in [2.45, 2.75) is 19.9 Å². The summed E-state index contributed by atoms with van der Waals surface area (Å²) in [6, 6.07) is 7.98. The van der Waals surface area contributed by atoms with Gasteiger partial charge in [-0.05, 0) is 71.2 Å². The van der Waals surface area contributed by atoms with Crippen LogP contribution in [0.4, 0.5) is 0 Å². The lowest BCUT2D eigenvalue weighted by molar-refractivity contribution is -0.136. The Labute approximate surface area is 242 Å². The Morgan fingerprint density at radius 3 is 2.62 bits per heavy atom. The van der Waals surface area contributed by atoms with Crippen LogP contribution < -0.4 is 29.1 Å². The molecule has 202 valence electrons. The average molecular weight is 632 g/mol. The SMILES string of the molecule is C#CCOc1c(Cl)cc(/C=c2\sc3n(c2=O)[C@H](c2ccc(OCC)c(OCC)c2)C(C(=O)OC)=CN=3)cc1Br. The summed E-state index contributed by atoms with van der Waals surface area (Å²) < 4.78 is 24.5. The maximum atomic E-state index is 13.8. The molecule has 1 aromatic heterocycles. The van der Waals surface area contributed by atoms with E-state index in [-0.39, 0.29) is 17.7 Å². The van der Waals surface area contributed by atoms with Crippen LogP contribution in [0.2, 0.25) is 5.02 Å². The number of hydrogen-bond acceptors (Lipinski definition) is 8. The van der Waals surface area contributed by atoms with E-state index in [1.807, 2.05) is 13.8 Å². The van der Waals surface area contributed by atoms with Crippen molar-refractivity contribution in [1.82, 2.24) is 4.57 Å². The third-order valence-corrected chi connectivity index (χ3v) is 7.49. The quantitative estimate of drug-likeness (QED) is 0.259. The smallest absolute Gasteiger partial charge is 0.337 e. The highest BCUT2D eigenvalue weighted by molar-refractivity contribution is 9.10. The number of terminal acetylenes is 1. The zero-order valence-corrected chi connectivity index (χ0v) is 24.5. The minimum atomic E-state index is -0.791. The van der Waals surface area contributed by atoms with Gasteiger partial charge in [0.2, 0.25) is 0 Å². The predicted molar refractivity (Wildman–Crippen MR) is 153 cm³/mol. The predicted octanol–water partition coefficient (Wildman–Crippen LogP) is 4.24. The molecule has 0 fully saturated rings. The molecule has 4 rings (SSSR count). The van der Waals surface area contributed by atoms with Gasteiger partial charge in [0.1, 0.15) is 6.61 Å². The summed E-state index contributed by atoms with van der Waals surface area (Å²) in [6.45, 7) is 4.68. The van der Waals surface area contributed by atoms with Crippen molar-refractivity contribution < 1.29 is 23.7 Å². The van der Waals surface area contributed by atoms with E-state index in [0.29, 0.717) is 60.4 Å². The van der Waals surface area contributed by atoms with Gasteiger partial charge in [-0.1, -0.05) is 34.9 Å². The van der Waals surface area contributed by atoms with Gasteiger partial charge in [-0.2, -0.15) is 0 Å². The molecule has 3 aromatic rings. The number of aromatic nitrogens is 1. The van der Waals surface area contributed by atoms with Gasteiger partial charge in [-0.3, -0.25) is 9.36 Å². The molecule has 0 N–H and O–H groups in total. The number of halogens is 2. The number of benzene rings is 2. The molecular formula is C28H24BrClN2O6S. The largest absolute Gasteiger partial charge is 0.490 e. The topological polar surface area (TPSA) is 88.3 Å². The lowest BCUT2D eigenvalue weighted by Gasteiger charge is -2.23. The highest BCUT2D eigenvalue weighted by Gasteiger charge is 2.31. The minimum Gasteiger partial charge on any atom is -0.490 e. The lowest BCUT2D eigenvalue weighted by atomic mass is 9.97. The second-order valence-corrected chi connectivity index (χ2v) is 10.3. The van der Waals surface area contributed by atoms with Crippen molar-refractivity contribution in [3.05, 3.63) is 82.4 Å². The van der Waals surface area contributed by atoms with Crippen molar-refractivity contribution in [2.24, 2.45) is 4.99 Å². The first-order valence-electron chi connectivity index (χ1n) is 11.9. The second kappa shape index (κ2) is 12.6. The second-order valence-electron chi connectivity index (χ2n) is 8.05. The fourth-order valence-electron chi connectivity index (χ4n) is 4.05. The normalized spacial score (nSPS) is 14.5. The zero-order valence-electron chi connectivity index (χ0n) is 21.3. The summed E-state index contributed by atoms with van der Waals surface area (Å²) in [7, 11) is 1.29. The minimum absolute atomic E-state index is 0.0648. The highest BCUT2D eigenvalue weighted by atomic mass is 79.9. The van der Waals surface area contributed by atoms with E-state index in [9.17, 15) is 9.59 Å². The molecule has 0 aliphatic carbocycles. The summed E-state index contributed by atoms with van der Waals surface area (Å²) in [5, 5.41) is 0.336. The number of hydrogen-bond donors (Lipinski definition) is 0. The average Bonchev–Trinajstić information content (AvgIpc) is 3.23. The number of fused-ring (bicyclic) bond motifs is 1. The van der Waals surface area contributed by atoms with Crippen LogP contribution in [0.1, 0.15) is 31.0 Å². The van der Waals surface area contributed by atoms with E-state index >= 15 is 0 Å². The highest BCUT2D eigenvalue weighted by Crippen LogP contribution is 2.36. The standard InChI is InChI=1S/C28H24BrClN2O6S/c1-5-10-38-25-19(29)11-16(12-20(25)30)13-23-26(33)32-24(18(27(34)35-4)15-31-28(32)39-23)17-8-9-21(36-6-2)22(14-17)37-7-3/h1,8-9,11-15,24H,6-7,10H2,2-4H3/b23-13-/t24-/m1/s1. The van der Waals surface area contributed by atoms with E-state index in [1.54, 1.807) is 36.4 Å². The molecule has 39 heavy (non-hydrogen) atoms. The Bertz CT molecular complexity index is 1650. The Hall–Kier alpha value is -3.52. The van der Waals surface area contributed by atoms with E-state index in [1.165, 1.54) is 29.2 Å². The summed E-state index contributed by atoms with van der Waals surface area (Å²) in [4.78, 5) is 31.4. The molecular weight excluding hydrogens is 608 g/mol. The number of ether oxygens (including phenoxy) is 4. The van der Waals surface area contributed by atoms with E-state index in [4.69, 9.17) is 37.0 Å². The monoisotopic (exact) mass is 630 g/mol. The fourth-order valence-corrected chi connectivity index (χ4v) is 6.01. The number of nitrogens with zero attached hydrogens (tertiary/aromatic N) is 2. The van der Waals surface area contributed by atoms with Crippen LogP contribution in [0, 0.1) is 12.3 Å². The molecule has 2 aromatic carbocycles. The summed E-state index contributed by atoms with van der Waals surface area (Å²) >= 11 is 11.0. The Kier molecular flexibility index (Phi) is 9.17. The van der Waals surface area contributed by atoms with Crippen LogP contribution in [0.5, 0.6) is 17.2 Å². The van der Waals surface area contributed by atoms with E-state index < -0.39 is 12.0 Å². The van der Waals surface area contributed by atoms with Gasteiger partial charge in [0.05, 0.1) is 46.0 Å². The maximum Gasteiger partial charge on any atom is 0.337 e. The van der Waals surface area contributed by atoms with Crippen molar-refractivity contribution in [3.8, 4) is 29.6 Å². The van der Waals surface area contributed by atoms with Crippen LogP contribution >= 0.6 is 38.9 Å². The van der Waals surface area contributed by atoms with Crippen molar-refractivity contribution >= 4 is 50.9 Å². The summed E-state index contributed by atoms with van der Waals surface area (Å²) in [5.74, 6) is 3.29. The van der Waals surface area contributed by atoms with E-state index in [0.717, 1.165) is 0 Å². The number of carbonyl (C=O) groups is 1. The van der Waals surface area contributed by atoms with Crippen LogP contribution in [0.3, 0.4) is 0 Å². The first-order chi connectivity index (χ1) is 18.8. The number of thiazole rings is 1. The van der Waals surface area contributed by atoms with Crippen LogP contribution in [-0.4, -0.2) is 37.5 Å². The zero-order chi connectivity index (χ0) is 28.1. The molecule has 11 heteroatoms. The van der Waals surface area contributed by atoms with Gasteiger partial charge in [0, 0.05) is 6.20 Å². The van der Waals surface area contributed by atoms with Gasteiger partial charge in [0.15, 0.2) is 22.0 Å². The third kappa shape index (κ3) is 5.91. The van der Waals surface area contributed by atoms with Gasteiger partial charge >= 0.3 is 5.97 Å². The molecule has 2 heterocycles. The Balaban J connectivity index is 1.87. The number of rotatable bonds is 9. The first-order valence-corrected chi connectivity index (χ1v) is 13.9. The number of carbonyl (C=O) groups excluding carboxylic acids is 1. The van der Waals surface area contributed by atoms with Gasteiger partial charge in [-0.15, -0.1) is 6.42 Å². The van der Waals surface area contributed by atoms with Crippen molar-refractivity contribution in [3.63, 3.8) is 0 Å².